The second-order valence-electron chi connectivity index (χ2n) is 5.63. The summed E-state index contributed by atoms with van der Waals surface area (Å²) in [6.07, 6.45) is 1.67. The van der Waals surface area contributed by atoms with Gasteiger partial charge in [0.1, 0.15) is 5.01 Å². The minimum absolute atomic E-state index is 0.0909. The number of rotatable bonds is 6. The predicted octanol–water partition coefficient (Wildman–Crippen LogP) is 3.37. The second kappa shape index (κ2) is 7.03. The molecule has 1 amide bonds. The molecule has 0 spiro atoms. The van der Waals surface area contributed by atoms with E-state index in [0.29, 0.717) is 12.1 Å². The first-order valence-corrected chi connectivity index (χ1v) is 8.45. The van der Waals surface area contributed by atoms with Crippen LogP contribution in [0.3, 0.4) is 0 Å². The lowest BCUT2D eigenvalue weighted by molar-refractivity contribution is 0.0942. The van der Waals surface area contributed by atoms with Gasteiger partial charge in [-0.3, -0.25) is 4.79 Å². The van der Waals surface area contributed by atoms with Gasteiger partial charge in [0.2, 0.25) is 0 Å². The molecule has 1 aromatic heterocycles. The van der Waals surface area contributed by atoms with E-state index in [1.165, 1.54) is 0 Å². The van der Waals surface area contributed by atoms with Crippen molar-refractivity contribution in [3.63, 3.8) is 0 Å². The Morgan fingerprint density at radius 3 is 2.68 bits per heavy atom. The molecule has 0 aliphatic heterocycles. The average molecular weight is 317 g/mol. The summed E-state index contributed by atoms with van der Waals surface area (Å²) in [5.41, 5.74) is 8.49. The molecule has 0 bridgehead atoms. The second-order valence-corrected chi connectivity index (χ2v) is 6.49. The van der Waals surface area contributed by atoms with E-state index in [0.717, 1.165) is 29.1 Å². The Hall–Kier alpha value is -1.72. The zero-order chi connectivity index (χ0) is 16.2. The van der Waals surface area contributed by atoms with Crippen LogP contribution in [-0.4, -0.2) is 23.0 Å². The number of thiazole rings is 1. The number of benzene rings is 1. The fourth-order valence-corrected chi connectivity index (χ4v) is 2.93. The molecule has 0 atom stereocenters. The van der Waals surface area contributed by atoms with Crippen molar-refractivity contribution in [2.75, 3.05) is 6.54 Å². The summed E-state index contributed by atoms with van der Waals surface area (Å²) in [5.74, 6) is -0.0909. The molecule has 1 heterocycles. The van der Waals surface area contributed by atoms with Crippen molar-refractivity contribution in [1.29, 1.82) is 0 Å². The summed E-state index contributed by atoms with van der Waals surface area (Å²) in [7, 11) is 0. The van der Waals surface area contributed by atoms with Crippen molar-refractivity contribution < 1.29 is 4.79 Å². The number of carbonyl (C=O) groups is 1. The highest BCUT2D eigenvalue weighted by Crippen LogP contribution is 2.24. The maximum absolute atomic E-state index is 12.3. The first-order valence-electron chi connectivity index (χ1n) is 7.57. The van der Waals surface area contributed by atoms with Crippen molar-refractivity contribution in [3.8, 4) is 10.6 Å². The van der Waals surface area contributed by atoms with Crippen LogP contribution < -0.4 is 11.1 Å². The maximum atomic E-state index is 12.3. The Bertz CT molecular complexity index is 647. The monoisotopic (exact) mass is 317 g/mol. The van der Waals surface area contributed by atoms with Crippen molar-refractivity contribution in [1.82, 2.24) is 10.3 Å². The van der Waals surface area contributed by atoms with Gasteiger partial charge < -0.3 is 11.1 Å². The molecule has 0 fully saturated rings. The van der Waals surface area contributed by atoms with E-state index in [9.17, 15) is 4.79 Å². The summed E-state index contributed by atoms with van der Waals surface area (Å²) in [6.45, 7) is 6.54. The van der Waals surface area contributed by atoms with Crippen LogP contribution >= 0.6 is 11.3 Å². The largest absolute Gasteiger partial charge is 0.350 e. The molecule has 0 saturated carbocycles. The van der Waals surface area contributed by atoms with Crippen LogP contribution in [0.15, 0.2) is 29.6 Å². The van der Waals surface area contributed by atoms with Gasteiger partial charge in [-0.15, -0.1) is 11.3 Å². The van der Waals surface area contributed by atoms with Crippen LogP contribution in [0.25, 0.3) is 10.6 Å². The van der Waals surface area contributed by atoms with Gasteiger partial charge in [0, 0.05) is 34.3 Å². The summed E-state index contributed by atoms with van der Waals surface area (Å²) < 4.78 is 0. The quantitative estimate of drug-likeness (QED) is 0.858. The number of aryl methyl sites for hydroxylation is 1. The van der Waals surface area contributed by atoms with Crippen LogP contribution in [-0.2, 0) is 0 Å². The van der Waals surface area contributed by atoms with Crippen LogP contribution in [0, 0.1) is 6.92 Å². The molecule has 0 saturated heterocycles. The SMILES string of the molecule is CCC(N)(CC)CNC(=O)c1cccc(-c2nc(C)cs2)c1. The van der Waals surface area contributed by atoms with Gasteiger partial charge >= 0.3 is 0 Å². The Balaban J connectivity index is 2.11. The Labute approximate surface area is 135 Å². The lowest BCUT2D eigenvalue weighted by Crippen LogP contribution is -2.49. The number of nitrogens with two attached hydrogens (primary N) is 1. The van der Waals surface area contributed by atoms with Crippen molar-refractivity contribution in [2.45, 2.75) is 39.2 Å². The number of hydrogen-bond acceptors (Lipinski definition) is 4. The van der Waals surface area contributed by atoms with E-state index in [4.69, 9.17) is 5.73 Å². The minimum Gasteiger partial charge on any atom is -0.350 e. The smallest absolute Gasteiger partial charge is 0.251 e. The van der Waals surface area contributed by atoms with Crippen molar-refractivity contribution in [2.24, 2.45) is 5.73 Å². The van der Waals surface area contributed by atoms with Crippen molar-refractivity contribution >= 4 is 17.2 Å². The minimum atomic E-state index is -0.334. The van der Waals surface area contributed by atoms with E-state index in [2.05, 4.69) is 10.3 Å². The molecule has 0 aliphatic carbocycles. The van der Waals surface area contributed by atoms with E-state index in [1.54, 1.807) is 11.3 Å². The summed E-state index contributed by atoms with van der Waals surface area (Å²) in [5, 5.41) is 5.88. The lowest BCUT2D eigenvalue weighted by atomic mass is 9.94. The molecular weight excluding hydrogens is 294 g/mol. The van der Waals surface area contributed by atoms with Gasteiger partial charge in [-0.05, 0) is 31.9 Å². The average Bonchev–Trinajstić information content (AvgIpc) is 2.99. The maximum Gasteiger partial charge on any atom is 0.251 e. The van der Waals surface area contributed by atoms with Crippen LogP contribution in [0.4, 0.5) is 0 Å². The molecule has 2 aromatic rings. The first-order chi connectivity index (χ1) is 10.5. The van der Waals surface area contributed by atoms with E-state index >= 15 is 0 Å². The highest BCUT2D eigenvalue weighted by molar-refractivity contribution is 7.13. The van der Waals surface area contributed by atoms with Gasteiger partial charge in [0.25, 0.3) is 5.91 Å². The third kappa shape index (κ3) is 3.93. The van der Waals surface area contributed by atoms with Gasteiger partial charge in [0.15, 0.2) is 0 Å². The third-order valence-corrected chi connectivity index (χ3v) is 5.01. The normalized spacial score (nSPS) is 11.5. The van der Waals surface area contributed by atoms with Gasteiger partial charge in [-0.25, -0.2) is 4.98 Å². The summed E-state index contributed by atoms with van der Waals surface area (Å²) in [6, 6.07) is 7.55. The molecule has 0 aliphatic rings. The predicted molar refractivity (Wildman–Crippen MR) is 92.1 cm³/mol. The molecule has 1 aromatic carbocycles. The number of nitrogens with one attached hydrogen (secondary N) is 1. The molecule has 0 unspecified atom stereocenters. The molecule has 5 heteroatoms. The van der Waals surface area contributed by atoms with Gasteiger partial charge in [0.05, 0.1) is 0 Å². The fourth-order valence-electron chi connectivity index (χ4n) is 2.14. The number of nitrogens with zero attached hydrogens (tertiary/aromatic N) is 1. The third-order valence-electron chi connectivity index (χ3n) is 4.00. The molecule has 2 rings (SSSR count). The number of hydrogen-bond donors (Lipinski definition) is 2. The van der Waals surface area contributed by atoms with E-state index < -0.39 is 0 Å². The highest BCUT2D eigenvalue weighted by Gasteiger charge is 2.21. The molecular formula is C17H23N3OS. The highest BCUT2D eigenvalue weighted by atomic mass is 32.1. The molecule has 22 heavy (non-hydrogen) atoms. The molecule has 3 N–H and O–H groups in total. The van der Waals surface area contributed by atoms with Gasteiger partial charge in [-0.1, -0.05) is 26.0 Å². The number of carbonyl (C=O) groups excluding carboxylic acids is 1. The van der Waals surface area contributed by atoms with Crippen molar-refractivity contribution in [3.05, 3.63) is 40.9 Å². The number of aromatic nitrogens is 1. The fraction of sp³-hybridized carbons (Fsp3) is 0.412. The topological polar surface area (TPSA) is 68.0 Å². The first kappa shape index (κ1) is 16.6. The molecule has 0 radical (unpaired) electrons. The van der Waals surface area contributed by atoms with Crippen LogP contribution in [0.5, 0.6) is 0 Å². The zero-order valence-corrected chi connectivity index (χ0v) is 14.2. The van der Waals surface area contributed by atoms with Crippen LogP contribution in [0.2, 0.25) is 0 Å². The van der Waals surface area contributed by atoms with E-state index in [1.807, 2.05) is 50.4 Å². The Morgan fingerprint density at radius 2 is 2.09 bits per heavy atom. The zero-order valence-electron chi connectivity index (χ0n) is 13.3. The van der Waals surface area contributed by atoms with E-state index in [-0.39, 0.29) is 11.4 Å². The lowest BCUT2D eigenvalue weighted by Gasteiger charge is -2.26. The Morgan fingerprint density at radius 1 is 1.36 bits per heavy atom. The molecule has 4 nitrogen and oxygen atoms in total. The molecule has 118 valence electrons. The number of amides is 1. The van der Waals surface area contributed by atoms with Crippen LogP contribution in [0.1, 0.15) is 42.7 Å². The Kier molecular flexibility index (Phi) is 5.32. The summed E-state index contributed by atoms with van der Waals surface area (Å²) in [4.78, 5) is 16.8. The standard InChI is InChI=1S/C17H23N3OS/c1-4-17(18,5-2)11-19-15(21)13-7-6-8-14(9-13)16-20-12(3)10-22-16/h6-10H,4-5,11,18H2,1-3H3,(H,19,21). The summed E-state index contributed by atoms with van der Waals surface area (Å²) >= 11 is 1.59. The van der Waals surface area contributed by atoms with Gasteiger partial charge in [-0.2, -0.15) is 0 Å².